The van der Waals surface area contributed by atoms with Gasteiger partial charge in [-0.25, -0.2) is 18.1 Å². The van der Waals surface area contributed by atoms with Crippen LogP contribution in [0.4, 0.5) is 11.6 Å². The van der Waals surface area contributed by atoms with Gasteiger partial charge in [0.05, 0.1) is 10.6 Å². The van der Waals surface area contributed by atoms with Gasteiger partial charge in [0, 0.05) is 23.4 Å². The first-order chi connectivity index (χ1) is 18.0. The van der Waals surface area contributed by atoms with Crippen LogP contribution in [0.15, 0.2) is 77.7 Å². The van der Waals surface area contributed by atoms with Gasteiger partial charge in [-0.1, -0.05) is 55.8 Å². The SMILES string of the molecule is CCc1c2nc(nc1-c1ccccc1C1CCC1)NS(=O)(=O)c1cccc(c1)NCc1cccc(c1)O2. The molecule has 1 aromatic heterocycles. The summed E-state index contributed by atoms with van der Waals surface area (Å²) in [6, 6.07) is 22.8. The van der Waals surface area contributed by atoms with Crippen LogP contribution >= 0.6 is 0 Å². The highest BCUT2D eigenvalue weighted by atomic mass is 32.2. The molecule has 2 heterocycles. The van der Waals surface area contributed by atoms with Crippen LogP contribution in [0.1, 0.15) is 48.8 Å². The maximum atomic E-state index is 13.4. The number of hydrogen-bond donors (Lipinski definition) is 2. The van der Waals surface area contributed by atoms with Gasteiger partial charge in [-0.2, -0.15) is 4.98 Å². The van der Waals surface area contributed by atoms with E-state index in [-0.39, 0.29) is 10.8 Å². The summed E-state index contributed by atoms with van der Waals surface area (Å²) in [5.74, 6) is 1.44. The minimum atomic E-state index is -3.94. The molecule has 1 saturated carbocycles. The molecule has 0 radical (unpaired) electrons. The molecule has 6 rings (SSSR count). The van der Waals surface area contributed by atoms with Crippen LogP contribution in [0.5, 0.6) is 11.6 Å². The Morgan fingerprint density at radius 1 is 0.973 bits per heavy atom. The van der Waals surface area contributed by atoms with Gasteiger partial charge in [-0.15, -0.1) is 0 Å². The van der Waals surface area contributed by atoms with Crippen LogP contribution in [0.2, 0.25) is 0 Å². The molecule has 0 atom stereocenters. The first-order valence-electron chi connectivity index (χ1n) is 12.6. The van der Waals surface area contributed by atoms with Gasteiger partial charge < -0.3 is 10.1 Å². The molecule has 1 aliphatic carbocycles. The molecule has 0 unspecified atom stereocenters. The Kier molecular flexibility index (Phi) is 6.04. The summed E-state index contributed by atoms with van der Waals surface area (Å²) in [5.41, 5.74) is 5.47. The number of sulfonamides is 1. The zero-order chi connectivity index (χ0) is 25.4. The molecule has 188 valence electrons. The maximum absolute atomic E-state index is 13.4. The van der Waals surface area contributed by atoms with Crippen molar-refractivity contribution in [3.05, 3.63) is 89.5 Å². The Bertz CT molecular complexity index is 1580. The fourth-order valence-electron chi connectivity index (χ4n) is 4.91. The fraction of sp³-hybridized carbons (Fsp3) is 0.241. The standard InChI is InChI=1S/C29H28N4O3S/c1-2-24-27(26-15-4-3-14-25(26)20-9-6-10-20)31-29-32-28(24)36-22-12-5-8-19(16-22)18-30-21-11-7-13-23(17-21)37(34,35)33-29/h3-5,7-8,11-17,20,30H,2,6,9-10,18H2,1H3,(H,31,32,33). The van der Waals surface area contributed by atoms with Crippen molar-refractivity contribution in [3.8, 4) is 22.9 Å². The van der Waals surface area contributed by atoms with Crippen molar-refractivity contribution in [1.82, 2.24) is 9.97 Å². The third-order valence-corrected chi connectivity index (χ3v) is 8.39. The number of ether oxygens (including phenoxy) is 1. The lowest BCUT2D eigenvalue weighted by molar-refractivity contribution is 0.420. The summed E-state index contributed by atoms with van der Waals surface area (Å²) >= 11 is 0. The molecule has 0 saturated heterocycles. The molecule has 1 aliphatic heterocycles. The number of nitrogens with zero attached hydrogens (tertiary/aromatic N) is 2. The van der Waals surface area contributed by atoms with Gasteiger partial charge in [-0.3, -0.25) is 0 Å². The predicted molar refractivity (Wildman–Crippen MR) is 145 cm³/mol. The molecule has 0 spiro atoms. The number of nitrogens with one attached hydrogen (secondary N) is 2. The average molecular weight is 513 g/mol. The lowest BCUT2D eigenvalue weighted by atomic mass is 9.77. The molecular formula is C29H28N4O3S. The van der Waals surface area contributed by atoms with Crippen molar-refractivity contribution in [3.63, 3.8) is 0 Å². The first kappa shape index (κ1) is 23.5. The highest BCUT2D eigenvalue weighted by Crippen LogP contribution is 2.43. The first-order valence-corrected chi connectivity index (χ1v) is 14.1. The Morgan fingerprint density at radius 3 is 2.62 bits per heavy atom. The quantitative estimate of drug-likeness (QED) is 0.326. The normalized spacial score (nSPS) is 16.4. The summed E-state index contributed by atoms with van der Waals surface area (Å²) in [6.45, 7) is 2.55. The van der Waals surface area contributed by atoms with Crippen LogP contribution in [0.25, 0.3) is 11.3 Å². The van der Waals surface area contributed by atoms with Crippen molar-refractivity contribution >= 4 is 21.7 Å². The molecule has 7 nitrogen and oxygen atoms in total. The Morgan fingerprint density at radius 2 is 1.81 bits per heavy atom. The summed E-state index contributed by atoms with van der Waals surface area (Å²) < 4.78 is 35.7. The molecule has 4 aromatic rings. The van der Waals surface area contributed by atoms with Crippen molar-refractivity contribution in [1.29, 1.82) is 0 Å². The molecule has 2 N–H and O–H groups in total. The fourth-order valence-corrected chi connectivity index (χ4v) is 5.90. The second-order valence-electron chi connectivity index (χ2n) is 9.48. The van der Waals surface area contributed by atoms with Gasteiger partial charge in [0.1, 0.15) is 5.75 Å². The Balaban J connectivity index is 1.56. The van der Waals surface area contributed by atoms with E-state index in [9.17, 15) is 8.42 Å². The van der Waals surface area contributed by atoms with E-state index < -0.39 is 10.0 Å². The predicted octanol–water partition coefficient (Wildman–Crippen LogP) is 6.49. The molecule has 1 fully saturated rings. The average Bonchev–Trinajstić information content (AvgIpc) is 2.86. The minimum Gasteiger partial charge on any atom is -0.439 e. The van der Waals surface area contributed by atoms with E-state index >= 15 is 0 Å². The summed E-state index contributed by atoms with van der Waals surface area (Å²) in [7, 11) is -3.94. The highest BCUT2D eigenvalue weighted by molar-refractivity contribution is 7.92. The van der Waals surface area contributed by atoms with E-state index in [4.69, 9.17) is 9.72 Å². The van der Waals surface area contributed by atoms with Crippen molar-refractivity contribution in [2.24, 2.45) is 0 Å². The largest absolute Gasteiger partial charge is 0.439 e. The smallest absolute Gasteiger partial charge is 0.264 e. The van der Waals surface area contributed by atoms with Crippen LogP contribution < -0.4 is 14.8 Å². The van der Waals surface area contributed by atoms with E-state index in [1.165, 1.54) is 12.0 Å². The van der Waals surface area contributed by atoms with Crippen LogP contribution in [0, 0.1) is 0 Å². The number of rotatable bonds is 3. The van der Waals surface area contributed by atoms with E-state index in [0.29, 0.717) is 41.9 Å². The lowest BCUT2D eigenvalue weighted by Gasteiger charge is -2.28. The number of benzene rings is 3. The number of hydrogen-bond acceptors (Lipinski definition) is 6. The van der Waals surface area contributed by atoms with Gasteiger partial charge in [0.15, 0.2) is 0 Å². The van der Waals surface area contributed by atoms with Crippen LogP contribution in [0.3, 0.4) is 0 Å². The molecule has 37 heavy (non-hydrogen) atoms. The molecular weight excluding hydrogens is 484 g/mol. The number of fused-ring (bicyclic) bond motifs is 6. The zero-order valence-corrected chi connectivity index (χ0v) is 21.4. The minimum absolute atomic E-state index is 0.0165. The number of anilines is 2. The van der Waals surface area contributed by atoms with E-state index in [2.05, 4.69) is 33.2 Å². The monoisotopic (exact) mass is 512 g/mol. The van der Waals surface area contributed by atoms with Gasteiger partial charge >= 0.3 is 0 Å². The second-order valence-corrected chi connectivity index (χ2v) is 11.2. The third-order valence-electron chi connectivity index (χ3n) is 7.06. The highest BCUT2D eigenvalue weighted by Gasteiger charge is 2.27. The number of aromatic nitrogens is 2. The molecule has 2 aliphatic rings. The maximum Gasteiger partial charge on any atom is 0.264 e. The van der Waals surface area contributed by atoms with Gasteiger partial charge in [-0.05, 0) is 66.6 Å². The molecule has 3 aromatic carbocycles. The van der Waals surface area contributed by atoms with E-state index in [1.54, 1.807) is 18.2 Å². The van der Waals surface area contributed by atoms with Crippen LogP contribution in [-0.4, -0.2) is 18.4 Å². The molecule has 8 heteroatoms. The van der Waals surface area contributed by atoms with E-state index in [1.807, 2.05) is 43.3 Å². The molecule has 0 amide bonds. The van der Waals surface area contributed by atoms with Gasteiger partial charge in [0.2, 0.25) is 11.8 Å². The van der Waals surface area contributed by atoms with E-state index in [0.717, 1.165) is 29.5 Å². The van der Waals surface area contributed by atoms with Crippen molar-refractivity contribution in [2.75, 3.05) is 10.0 Å². The third kappa shape index (κ3) is 4.64. The van der Waals surface area contributed by atoms with Crippen molar-refractivity contribution in [2.45, 2.75) is 50.0 Å². The Hall–Kier alpha value is -3.91. The topological polar surface area (TPSA) is 93.2 Å². The molecule has 6 bridgehead atoms. The van der Waals surface area contributed by atoms with Gasteiger partial charge in [0.25, 0.3) is 10.0 Å². The summed E-state index contributed by atoms with van der Waals surface area (Å²) in [4.78, 5) is 9.49. The summed E-state index contributed by atoms with van der Waals surface area (Å²) in [5, 5.41) is 3.29. The van der Waals surface area contributed by atoms with Crippen molar-refractivity contribution < 1.29 is 13.2 Å². The lowest BCUT2D eigenvalue weighted by Crippen LogP contribution is -2.17. The second kappa shape index (κ2) is 9.52. The zero-order valence-electron chi connectivity index (χ0n) is 20.6. The Labute approximate surface area is 217 Å². The summed E-state index contributed by atoms with van der Waals surface area (Å²) in [6.07, 6.45) is 4.13. The van der Waals surface area contributed by atoms with Crippen LogP contribution in [-0.2, 0) is 23.0 Å².